The number of fused-ring (bicyclic) bond motifs is 3. The summed E-state index contributed by atoms with van der Waals surface area (Å²) in [6.07, 6.45) is 1.72. The molecule has 1 aliphatic rings. The summed E-state index contributed by atoms with van der Waals surface area (Å²) in [6.45, 7) is 3.24. The minimum atomic E-state index is 0.130. The number of pyridine rings is 1. The molecule has 0 amide bonds. The van der Waals surface area contributed by atoms with Crippen LogP contribution in [0.3, 0.4) is 0 Å². The number of benzene rings is 1. The van der Waals surface area contributed by atoms with E-state index in [0.717, 1.165) is 28.1 Å². The molecule has 0 spiro atoms. The molecule has 20 heavy (non-hydrogen) atoms. The summed E-state index contributed by atoms with van der Waals surface area (Å²) < 4.78 is 10.9. The highest BCUT2D eigenvalue weighted by Gasteiger charge is 2.22. The number of Topliss-reactive ketones (excluding diaryl/α,β-unsaturated/α-hetero) is 1. The zero-order chi connectivity index (χ0) is 14.1. The third-order valence-electron chi connectivity index (χ3n) is 3.36. The Morgan fingerprint density at radius 2 is 2.35 bits per heavy atom. The molecule has 1 aliphatic heterocycles. The van der Waals surface area contributed by atoms with Gasteiger partial charge in [0, 0.05) is 5.39 Å². The summed E-state index contributed by atoms with van der Waals surface area (Å²) in [4.78, 5) is 17.9. The predicted molar refractivity (Wildman–Crippen MR) is 76.7 cm³/mol. The Hall–Kier alpha value is -2.30. The van der Waals surface area contributed by atoms with Gasteiger partial charge in [0.25, 0.3) is 0 Å². The fourth-order valence-corrected chi connectivity index (χ4v) is 2.50. The Kier molecular flexibility index (Phi) is 3.18. The molecule has 5 nitrogen and oxygen atoms in total. The quantitative estimate of drug-likeness (QED) is 0.855. The van der Waals surface area contributed by atoms with Gasteiger partial charge in [-0.3, -0.25) is 9.78 Å². The standard InChI is InChI=1S/C15H16N2O3/c1-10(18)9-17-5-6-20-14-8-16-13-4-3-11(19-2)7-12(13)15(14)17/h3-4,7-8H,5-6,9H2,1-2H3. The van der Waals surface area contributed by atoms with E-state index >= 15 is 0 Å². The van der Waals surface area contributed by atoms with Crippen LogP contribution in [0.4, 0.5) is 5.69 Å². The van der Waals surface area contributed by atoms with E-state index in [0.29, 0.717) is 19.7 Å². The van der Waals surface area contributed by atoms with Crippen LogP contribution in [-0.4, -0.2) is 37.6 Å². The van der Waals surface area contributed by atoms with Gasteiger partial charge in [0.15, 0.2) is 5.75 Å². The predicted octanol–water partition coefficient (Wildman–Crippen LogP) is 2.03. The second-order valence-corrected chi connectivity index (χ2v) is 4.83. The van der Waals surface area contributed by atoms with Crippen LogP contribution >= 0.6 is 0 Å². The average molecular weight is 272 g/mol. The Labute approximate surface area is 117 Å². The van der Waals surface area contributed by atoms with Gasteiger partial charge in [-0.05, 0) is 25.1 Å². The Morgan fingerprint density at radius 3 is 3.10 bits per heavy atom. The molecule has 0 radical (unpaired) electrons. The van der Waals surface area contributed by atoms with Gasteiger partial charge < -0.3 is 14.4 Å². The number of rotatable bonds is 3. The average Bonchev–Trinajstić information content (AvgIpc) is 2.46. The molecular formula is C15H16N2O3. The topological polar surface area (TPSA) is 51.7 Å². The monoisotopic (exact) mass is 272 g/mol. The van der Waals surface area contributed by atoms with Crippen LogP contribution in [0.25, 0.3) is 10.9 Å². The number of hydrogen-bond acceptors (Lipinski definition) is 5. The highest BCUT2D eigenvalue weighted by molar-refractivity contribution is 5.97. The van der Waals surface area contributed by atoms with Crippen molar-refractivity contribution in [2.24, 2.45) is 0 Å². The zero-order valence-corrected chi connectivity index (χ0v) is 11.5. The molecule has 1 aromatic heterocycles. The summed E-state index contributed by atoms with van der Waals surface area (Å²) in [7, 11) is 1.63. The van der Waals surface area contributed by atoms with E-state index in [2.05, 4.69) is 4.98 Å². The van der Waals surface area contributed by atoms with Gasteiger partial charge in [-0.1, -0.05) is 0 Å². The van der Waals surface area contributed by atoms with E-state index in [4.69, 9.17) is 9.47 Å². The lowest BCUT2D eigenvalue weighted by Crippen LogP contribution is -2.36. The van der Waals surface area contributed by atoms with Crippen molar-refractivity contribution in [3.05, 3.63) is 24.4 Å². The molecule has 0 atom stereocenters. The summed E-state index contributed by atoms with van der Waals surface area (Å²) in [5, 5.41) is 0.947. The molecule has 0 bridgehead atoms. The van der Waals surface area contributed by atoms with E-state index in [1.165, 1.54) is 0 Å². The molecule has 5 heteroatoms. The van der Waals surface area contributed by atoms with Crippen LogP contribution in [0, 0.1) is 0 Å². The number of carbonyl (C=O) groups is 1. The second kappa shape index (κ2) is 5.00. The molecule has 0 unspecified atom stereocenters. The van der Waals surface area contributed by atoms with Gasteiger partial charge in [-0.2, -0.15) is 0 Å². The van der Waals surface area contributed by atoms with Crippen molar-refractivity contribution in [2.75, 3.05) is 31.7 Å². The van der Waals surface area contributed by atoms with Crippen LogP contribution in [0.15, 0.2) is 24.4 Å². The van der Waals surface area contributed by atoms with Crippen LogP contribution in [0.5, 0.6) is 11.5 Å². The van der Waals surface area contributed by atoms with Crippen molar-refractivity contribution >= 4 is 22.4 Å². The lowest BCUT2D eigenvalue weighted by Gasteiger charge is -2.31. The number of methoxy groups -OCH3 is 1. The minimum Gasteiger partial charge on any atom is -0.497 e. The number of nitrogens with zero attached hydrogens (tertiary/aromatic N) is 2. The summed E-state index contributed by atoms with van der Waals surface area (Å²) >= 11 is 0. The van der Waals surface area contributed by atoms with Gasteiger partial charge in [0.1, 0.15) is 18.1 Å². The lowest BCUT2D eigenvalue weighted by molar-refractivity contribution is -0.115. The molecule has 0 saturated carbocycles. The third-order valence-corrected chi connectivity index (χ3v) is 3.36. The fourth-order valence-electron chi connectivity index (χ4n) is 2.50. The van der Waals surface area contributed by atoms with Crippen molar-refractivity contribution in [1.29, 1.82) is 0 Å². The van der Waals surface area contributed by atoms with Gasteiger partial charge in [-0.15, -0.1) is 0 Å². The van der Waals surface area contributed by atoms with Crippen molar-refractivity contribution in [3.63, 3.8) is 0 Å². The molecule has 1 aromatic carbocycles. The SMILES string of the molecule is COc1ccc2ncc3c(c2c1)N(CC(C)=O)CCO3. The lowest BCUT2D eigenvalue weighted by atomic mass is 10.1. The molecule has 0 aliphatic carbocycles. The van der Waals surface area contributed by atoms with Gasteiger partial charge in [0.2, 0.25) is 0 Å². The van der Waals surface area contributed by atoms with Gasteiger partial charge >= 0.3 is 0 Å². The van der Waals surface area contributed by atoms with E-state index in [-0.39, 0.29) is 5.78 Å². The molecule has 2 heterocycles. The zero-order valence-electron chi connectivity index (χ0n) is 11.5. The minimum absolute atomic E-state index is 0.130. The van der Waals surface area contributed by atoms with Crippen LogP contribution in [-0.2, 0) is 4.79 Å². The van der Waals surface area contributed by atoms with Crippen molar-refractivity contribution in [3.8, 4) is 11.5 Å². The van der Waals surface area contributed by atoms with E-state index in [1.807, 2.05) is 23.1 Å². The Bertz CT molecular complexity index is 664. The highest BCUT2D eigenvalue weighted by atomic mass is 16.5. The Morgan fingerprint density at radius 1 is 1.50 bits per heavy atom. The molecule has 104 valence electrons. The van der Waals surface area contributed by atoms with Crippen molar-refractivity contribution in [2.45, 2.75) is 6.92 Å². The highest BCUT2D eigenvalue weighted by Crippen LogP contribution is 2.38. The van der Waals surface area contributed by atoms with Crippen molar-refractivity contribution < 1.29 is 14.3 Å². The first kappa shape index (κ1) is 12.7. The number of anilines is 1. The molecule has 3 rings (SSSR count). The maximum atomic E-state index is 11.5. The second-order valence-electron chi connectivity index (χ2n) is 4.83. The number of ether oxygens (including phenoxy) is 2. The smallest absolute Gasteiger partial charge is 0.161 e. The van der Waals surface area contributed by atoms with E-state index in [1.54, 1.807) is 20.2 Å². The van der Waals surface area contributed by atoms with Crippen molar-refractivity contribution in [1.82, 2.24) is 4.98 Å². The van der Waals surface area contributed by atoms with Crippen LogP contribution < -0.4 is 14.4 Å². The summed E-state index contributed by atoms with van der Waals surface area (Å²) in [5.41, 5.74) is 1.79. The number of ketones is 1. The first-order chi connectivity index (χ1) is 9.69. The number of hydrogen-bond donors (Lipinski definition) is 0. The van der Waals surface area contributed by atoms with Gasteiger partial charge in [-0.25, -0.2) is 0 Å². The molecule has 0 fully saturated rings. The molecule has 0 N–H and O–H groups in total. The third kappa shape index (κ3) is 2.15. The van der Waals surface area contributed by atoms with Crippen LogP contribution in [0.2, 0.25) is 0 Å². The van der Waals surface area contributed by atoms with Crippen LogP contribution in [0.1, 0.15) is 6.92 Å². The number of aromatic nitrogens is 1. The maximum Gasteiger partial charge on any atom is 0.161 e. The largest absolute Gasteiger partial charge is 0.497 e. The van der Waals surface area contributed by atoms with E-state index < -0.39 is 0 Å². The number of carbonyl (C=O) groups excluding carboxylic acids is 1. The van der Waals surface area contributed by atoms with Gasteiger partial charge in [0.05, 0.1) is 37.6 Å². The first-order valence-corrected chi connectivity index (χ1v) is 6.53. The Balaban J connectivity index is 2.19. The molecule has 2 aromatic rings. The maximum absolute atomic E-state index is 11.5. The fraction of sp³-hybridized carbons (Fsp3) is 0.333. The molecule has 0 saturated heterocycles. The van der Waals surface area contributed by atoms with E-state index in [9.17, 15) is 4.79 Å². The summed E-state index contributed by atoms with van der Waals surface area (Å²) in [6, 6.07) is 5.72. The normalized spacial score (nSPS) is 13.8. The first-order valence-electron chi connectivity index (χ1n) is 6.53. The molecular weight excluding hydrogens is 256 g/mol. The summed E-state index contributed by atoms with van der Waals surface area (Å²) in [5.74, 6) is 1.62.